The van der Waals surface area contributed by atoms with Crippen LogP contribution in [0.2, 0.25) is 0 Å². The highest BCUT2D eigenvalue weighted by atomic mass is 19.4. The molecule has 0 radical (unpaired) electrons. The Balaban J connectivity index is 2.43. The van der Waals surface area contributed by atoms with E-state index in [1.54, 1.807) is 0 Å². The molecule has 2 heterocycles. The maximum absolute atomic E-state index is 13.0. The Morgan fingerprint density at radius 3 is 2.65 bits per heavy atom. The molecule has 1 aromatic heterocycles. The summed E-state index contributed by atoms with van der Waals surface area (Å²) in [6, 6.07) is 0. The molecule has 1 saturated heterocycles. The number of nitrogens with two attached hydrogens (primary N) is 1. The molecule has 1 amide bonds. The fourth-order valence-electron chi connectivity index (χ4n) is 1.76. The summed E-state index contributed by atoms with van der Waals surface area (Å²) in [6.45, 7) is -0.162. The van der Waals surface area contributed by atoms with E-state index < -0.39 is 29.2 Å². The first-order valence-electron chi connectivity index (χ1n) is 4.78. The van der Waals surface area contributed by atoms with Crippen molar-refractivity contribution in [2.24, 2.45) is 5.73 Å². The Morgan fingerprint density at radius 2 is 2.24 bits per heavy atom. The zero-order valence-corrected chi connectivity index (χ0v) is 8.54. The molecular weight excluding hydrogens is 241 g/mol. The Hall–Kier alpha value is -1.64. The van der Waals surface area contributed by atoms with E-state index >= 15 is 0 Å². The van der Waals surface area contributed by atoms with Gasteiger partial charge in [0.15, 0.2) is 5.41 Å². The number of alkyl halides is 3. The van der Waals surface area contributed by atoms with Crippen LogP contribution >= 0.6 is 0 Å². The second-order valence-electron chi connectivity index (χ2n) is 3.79. The number of nitrogens with one attached hydrogen (secondary N) is 1. The molecule has 0 bridgehead atoms. The minimum Gasteiger partial charge on any atom is -0.363 e. The van der Waals surface area contributed by atoms with Crippen molar-refractivity contribution in [3.63, 3.8) is 0 Å². The Morgan fingerprint density at radius 1 is 1.53 bits per heavy atom. The summed E-state index contributed by atoms with van der Waals surface area (Å²) in [7, 11) is 0. The first-order chi connectivity index (χ1) is 7.87. The van der Waals surface area contributed by atoms with Gasteiger partial charge < -0.3 is 15.6 Å². The van der Waals surface area contributed by atoms with Crippen molar-refractivity contribution in [2.75, 3.05) is 13.1 Å². The molecule has 0 aliphatic carbocycles. The highest BCUT2D eigenvalue weighted by Crippen LogP contribution is 2.44. The summed E-state index contributed by atoms with van der Waals surface area (Å²) in [6.07, 6.45) is -4.74. The van der Waals surface area contributed by atoms with E-state index in [9.17, 15) is 18.0 Å². The predicted octanol–water partition coefficient (Wildman–Crippen LogP) is -0.0381. The first kappa shape index (κ1) is 11.8. The largest absolute Gasteiger partial charge is 0.404 e. The van der Waals surface area contributed by atoms with E-state index in [0.29, 0.717) is 0 Å². The average Bonchev–Trinajstić information content (AvgIpc) is 2.86. The number of hydrogen-bond acceptors (Lipinski definition) is 5. The predicted molar refractivity (Wildman–Crippen MR) is 48.0 cm³/mol. The van der Waals surface area contributed by atoms with Crippen LogP contribution in [-0.2, 0) is 5.41 Å². The van der Waals surface area contributed by atoms with Crippen molar-refractivity contribution < 1.29 is 22.5 Å². The maximum atomic E-state index is 13.0. The SMILES string of the molecule is NC(=O)c1noc(C2(C(F)(F)F)CCNC2)n1. The zero-order valence-electron chi connectivity index (χ0n) is 8.54. The molecule has 9 heteroatoms. The van der Waals surface area contributed by atoms with Crippen molar-refractivity contribution >= 4 is 5.91 Å². The van der Waals surface area contributed by atoms with Gasteiger partial charge in [0.05, 0.1) is 0 Å². The van der Waals surface area contributed by atoms with E-state index in [1.165, 1.54) is 0 Å². The van der Waals surface area contributed by atoms with Crippen LogP contribution in [0.3, 0.4) is 0 Å². The molecule has 1 unspecified atom stereocenters. The van der Waals surface area contributed by atoms with E-state index in [4.69, 9.17) is 5.73 Å². The summed E-state index contributed by atoms with van der Waals surface area (Å²) in [5, 5.41) is 5.72. The van der Waals surface area contributed by atoms with Gasteiger partial charge in [0.1, 0.15) is 0 Å². The number of nitrogens with zero attached hydrogens (tertiary/aromatic N) is 2. The normalized spacial score (nSPS) is 25.1. The van der Waals surface area contributed by atoms with Gasteiger partial charge in [-0.2, -0.15) is 18.2 Å². The second kappa shape index (κ2) is 3.69. The highest BCUT2D eigenvalue weighted by Gasteiger charge is 2.61. The number of halogens is 3. The van der Waals surface area contributed by atoms with Crippen LogP contribution in [-0.4, -0.2) is 35.3 Å². The number of amides is 1. The summed E-state index contributed by atoms with van der Waals surface area (Å²) >= 11 is 0. The number of carbonyl (C=O) groups is 1. The van der Waals surface area contributed by atoms with Crippen LogP contribution in [0.25, 0.3) is 0 Å². The molecule has 1 aliphatic heterocycles. The Bertz CT molecular complexity index is 436. The Labute approximate surface area is 93.3 Å². The van der Waals surface area contributed by atoms with Crippen molar-refractivity contribution in [1.29, 1.82) is 0 Å². The quantitative estimate of drug-likeness (QED) is 0.768. The van der Waals surface area contributed by atoms with Gasteiger partial charge in [-0.25, -0.2) is 0 Å². The fourth-order valence-corrected chi connectivity index (χ4v) is 1.76. The highest BCUT2D eigenvalue weighted by molar-refractivity contribution is 5.88. The van der Waals surface area contributed by atoms with Gasteiger partial charge in [0, 0.05) is 6.54 Å². The molecule has 1 fully saturated rings. The van der Waals surface area contributed by atoms with Gasteiger partial charge in [0.25, 0.3) is 11.7 Å². The summed E-state index contributed by atoms with van der Waals surface area (Å²) in [5.74, 6) is -2.19. The van der Waals surface area contributed by atoms with E-state index in [1.807, 2.05) is 0 Å². The van der Waals surface area contributed by atoms with E-state index in [-0.39, 0.29) is 19.5 Å². The monoisotopic (exact) mass is 250 g/mol. The lowest BCUT2D eigenvalue weighted by molar-refractivity contribution is -0.191. The topological polar surface area (TPSA) is 94.0 Å². The lowest BCUT2D eigenvalue weighted by atomic mass is 9.86. The number of hydrogen-bond donors (Lipinski definition) is 2. The minimum atomic E-state index is -4.53. The van der Waals surface area contributed by atoms with Crippen molar-refractivity contribution in [1.82, 2.24) is 15.5 Å². The molecule has 1 aliphatic rings. The number of aromatic nitrogens is 2. The molecule has 94 valence electrons. The third kappa shape index (κ3) is 1.75. The van der Waals surface area contributed by atoms with Gasteiger partial charge in [-0.1, -0.05) is 5.16 Å². The summed E-state index contributed by atoms with van der Waals surface area (Å²) < 4.78 is 43.6. The van der Waals surface area contributed by atoms with Crippen molar-refractivity contribution in [3.05, 3.63) is 11.7 Å². The van der Waals surface area contributed by atoms with Gasteiger partial charge >= 0.3 is 6.18 Å². The maximum Gasteiger partial charge on any atom is 0.404 e. The van der Waals surface area contributed by atoms with Gasteiger partial charge in [-0.15, -0.1) is 0 Å². The molecule has 0 saturated carbocycles. The van der Waals surface area contributed by atoms with E-state index in [0.717, 1.165) is 0 Å². The number of primary amides is 1. The van der Waals surface area contributed by atoms with Crippen LogP contribution in [0.1, 0.15) is 22.9 Å². The second-order valence-corrected chi connectivity index (χ2v) is 3.79. The third-order valence-corrected chi connectivity index (χ3v) is 2.75. The first-order valence-corrected chi connectivity index (χ1v) is 4.78. The van der Waals surface area contributed by atoms with Gasteiger partial charge in [-0.3, -0.25) is 4.79 Å². The standard InChI is InChI=1S/C8H9F3N4O2/c9-8(10,11)7(1-2-13-3-7)6-14-5(4(12)16)15-17-6/h13H,1-3H2,(H2,12,16). The minimum absolute atomic E-state index is 0.188. The molecule has 3 N–H and O–H groups in total. The van der Waals surface area contributed by atoms with E-state index in [2.05, 4.69) is 20.0 Å². The molecule has 0 spiro atoms. The van der Waals surface area contributed by atoms with Gasteiger partial charge in [-0.05, 0) is 13.0 Å². The van der Waals surface area contributed by atoms with Crippen molar-refractivity contribution in [3.8, 4) is 0 Å². The van der Waals surface area contributed by atoms with Crippen LogP contribution in [0, 0.1) is 0 Å². The Kier molecular flexibility index (Phi) is 2.57. The lowest BCUT2D eigenvalue weighted by Gasteiger charge is -2.26. The zero-order chi connectivity index (χ0) is 12.7. The number of rotatable bonds is 2. The van der Waals surface area contributed by atoms with Crippen LogP contribution < -0.4 is 11.1 Å². The number of carbonyl (C=O) groups excluding carboxylic acids is 1. The molecular formula is C8H9F3N4O2. The van der Waals surface area contributed by atoms with Crippen LogP contribution in [0.15, 0.2) is 4.52 Å². The third-order valence-electron chi connectivity index (χ3n) is 2.75. The van der Waals surface area contributed by atoms with Crippen LogP contribution in [0.4, 0.5) is 13.2 Å². The summed E-state index contributed by atoms with van der Waals surface area (Å²) in [4.78, 5) is 14.1. The lowest BCUT2D eigenvalue weighted by Crippen LogP contribution is -2.44. The summed E-state index contributed by atoms with van der Waals surface area (Å²) in [5.41, 5.74) is 2.63. The van der Waals surface area contributed by atoms with Gasteiger partial charge in [0.2, 0.25) is 5.89 Å². The fraction of sp³-hybridized carbons (Fsp3) is 0.625. The molecule has 17 heavy (non-hydrogen) atoms. The van der Waals surface area contributed by atoms with Crippen LogP contribution in [0.5, 0.6) is 0 Å². The van der Waals surface area contributed by atoms with Crippen molar-refractivity contribution in [2.45, 2.75) is 18.0 Å². The molecule has 0 aromatic carbocycles. The molecule has 2 rings (SSSR count). The smallest absolute Gasteiger partial charge is 0.363 e. The molecule has 1 atom stereocenters. The average molecular weight is 250 g/mol. The molecule has 6 nitrogen and oxygen atoms in total. The molecule has 1 aromatic rings.